The van der Waals surface area contributed by atoms with Crippen molar-refractivity contribution in [2.24, 2.45) is 5.92 Å². The molecule has 0 aromatic rings. The molecule has 0 aromatic heterocycles. The lowest BCUT2D eigenvalue weighted by Crippen LogP contribution is -2.50. The molecular formula is C13H24N2O3. The van der Waals surface area contributed by atoms with E-state index in [4.69, 9.17) is 5.11 Å². The van der Waals surface area contributed by atoms with Crippen molar-refractivity contribution in [3.63, 3.8) is 0 Å². The Hall–Kier alpha value is -1.10. The van der Waals surface area contributed by atoms with Gasteiger partial charge >= 0.3 is 5.97 Å². The number of nitrogens with one attached hydrogen (secondary N) is 1. The maximum Gasteiger partial charge on any atom is 0.308 e. The minimum Gasteiger partial charge on any atom is -0.481 e. The summed E-state index contributed by atoms with van der Waals surface area (Å²) < 4.78 is 0. The maximum atomic E-state index is 12.0. The van der Waals surface area contributed by atoms with Crippen LogP contribution in [0.2, 0.25) is 0 Å². The highest BCUT2D eigenvalue weighted by molar-refractivity contribution is 5.82. The Balaban J connectivity index is 2.48. The molecule has 1 aliphatic heterocycles. The number of likely N-dealkylation sites (tertiary alicyclic amines) is 1. The molecule has 4 atom stereocenters. The largest absolute Gasteiger partial charge is 0.481 e. The normalized spacial score (nSPS) is 27.8. The minimum absolute atomic E-state index is 0.0799. The number of aliphatic carboxylic acids is 1. The zero-order valence-electron chi connectivity index (χ0n) is 11.6. The average molecular weight is 256 g/mol. The van der Waals surface area contributed by atoms with E-state index in [0.29, 0.717) is 12.1 Å². The van der Waals surface area contributed by atoms with E-state index in [1.54, 1.807) is 6.92 Å². The molecule has 0 saturated carbocycles. The molecule has 0 bridgehead atoms. The summed E-state index contributed by atoms with van der Waals surface area (Å²) in [5.74, 6) is -1.51. The molecule has 0 spiro atoms. The molecule has 1 aliphatic rings. The summed E-state index contributed by atoms with van der Waals surface area (Å²) in [6, 6.07) is 0.633. The van der Waals surface area contributed by atoms with Crippen LogP contribution in [0.15, 0.2) is 0 Å². The van der Waals surface area contributed by atoms with Gasteiger partial charge in [-0.3, -0.25) is 14.5 Å². The lowest BCUT2D eigenvalue weighted by atomic mass is 10.1. The molecule has 5 heteroatoms. The Kier molecular flexibility index (Phi) is 5.14. The van der Waals surface area contributed by atoms with Gasteiger partial charge in [-0.05, 0) is 33.6 Å². The molecule has 1 fully saturated rings. The van der Waals surface area contributed by atoms with E-state index in [-0.39, 0.29) is 18.5 Å². The van der Waals surface area contributed by atoms with Gasteiger partial charge in [-0.1, -0.05) is 6.92 Å². The maximum absolute atomic E-state index is 12.0. The Labute approximate surface area is 109 Å². The second-order valence-electron chi connectivity index (χ2n) is 5.38. The van der Waals surface area contributed by atoms with Gasteiger partial charge in [-0.2, -0.15) is 0 Å². The lowest BCUT2D eigenvalue weighted by Gasteiger charge is -2.31. The number of carbonyl (C=O) groups excluding carboxylic acids is 1. The van der Waals surface area contributed by atoms with Gasteiger partial charge in [-0.25, -0.2) is 0 Å². The highest BCUT2D eigenvalue weighted by atomic mass is 16.4. The highest BCUT2D eigenvalue weighted by Crippen LogP contribution is 2.25. The number of hydrogen-bond donors (Lipinski definition) is 2. The van der Waals surface area contributed by atoms with Crippen LogP contribution >= 0.6 is 0 Å². The van der Waals surface area contributed by atoms with Crippen LogP contribution in [-0.2, 0) is 9.59 Å². The number of carboxylic acids is 1. The molecule has 18 heavy (non-hydrogen) atoms. The molecule has 1 rings (SSSR count). The van der Waals surface area contributed by atoms with Gasteiger partial charge in [0.2, 0.25) is 5.91 Å². The fourth-order valence-corrected chi connectivity index (χ4v) is 2.60. The molecule has 1 amide bonds. The number of carboxylic acid groups (broad SMARTS) is 1. The van der Waals surface area contributed by atoms with Crippen LogP contribution in [0.5, 0.6) is 0 Å². The first kappa shape index (κ1) is 15.0. The summed E-state index contributed by atoms with van der Waals surface area (Å²) >= 11 is 0. The standard InChI is InChI=1S/C13H24N2O3/c1-8(13(17)18)7-14-12(16)11(4)15-9(2)5-6-10(15)3/h8-11H,5-7H2,1-4H3,(H,14,16)(H,17,18). The topological polar surface area (TPSA) is 69.6 Å². The minimum atomic E-state index is -0.883. The second-order valence-corrected chi connectivity index (χ2v) is 5.38. The van der Waals surface area contributed by atoms with E-state index in [1.807, 2.05) is 6.92 Å². The Morgan fingerprint density at radius 3 is 2.22 bits per heavy atom. The summed E-state index contributed by atoms with van der Waals surface area (Å²) in [6.45, 7) is 7.93. The lowest BCUT2D eigenvalue weighted by molar-refractivity contribution is -0.141. The van der Waals surface area contributed by atoms with Crippen LogP contribution in [0, 0.1) is 5.92 Å². The van der Waals surface area contributed by atoms with Gasteiger partial charge in [0, 0.05) is 18.6 Å². The van der Waals surface area contributed by atoms with Gasteiger partial charge in [0.1, 0.15) is 0 Å². The molecule has 0 radical (unpaired) electrons. The molecular weight excluding hydrogens is 232 g/mol. The van der Waals surface area contributed by atoms with E-state index in [1.165, 1.54) is 0 Å². The fraction of sp³-hybridized carbons (Fsp3) is 0.846. The van der Waals surface area contributed by atoms with E-state index >= 15 is 0 Å². The molecule has 1 heterocycles. The van der Waals surface area contributed by atoms with Gasteiger partial charge in [0.15, 0.2) is 0 Å². The van der Waals surface area contributed by atoms with Crippen LogP contribution in [0.1, 0.15) is 40.5 Å². The van der Waals surface area contributed by atoms with Crippen molar-refractivity contribution in [2.45, 2.75) is 58.7 Å². The Bertz CT molecular complexity index is 309. The summed E-state index contributed by atoms with van der Waals surface area (Å²) in [4.78, 5) is 24.9. The zero-order valence-corrected chi connectivity index (χ0v) is 11.6. The first-order valence-electron chi connectivity index (χ1n) is 6.62. The van der Waals surface area contributed by atoms with Gasteiger partial charge < -0.3 is 10.4 Å². The van der Waals surface area contributed by atoms with E-state index < -0.39 is 11.9 Å². The van der Waals surface area contributed by atoms with E-state index in [2.05, 4.69) is 24.1 Å². The molecule has 104 valence electrons. The Morgan fingerprint density at radius 1 is 1.28 bits per heavy atom. The molecule has 2 N–H and O–H groups in total. The number of nitrogens with zero attached hydrogens (tertiary/aromatic N) is 1. The fourth-order valence-electron chi connectivity index (χ4n) is 2.60. The van der Waals surface area contributed by atoms with Gasteiger partial charge in [0.25, 0.3) is 0 Å². The molecule has 0 aliphatic carbocycles. The van der Waals surface area contributed by atoms with Crippen LogP contribution < -0.4 is 5.32 Å². The predicted octanol–water partition coefficient (Wildman–Crippen LogP) is 1.08. The van der Waals surface area contributed by atoms with E-state index in [0.717, 1.165) is 12.8 Å². The number of amides is 1. The predicted molar refractivity (Wildman–Crippen MR) is 69.3 cm³/mol. The first-order valence-corrected chi connectivity index (χ1v) is 6.62. The monoisotopic (exact) mass is 256 g/mol. The third-order valence-electron chi connectivity index (χ3n) is 3.85. The van der Waals surface area contributed by atoms with Crippen molar-refractivity contribution in [1.82, 2.24) is 10.2 Å². The zero-order chi connectivity index (χ0) is 13.9. The van der Waals surface area contributed by atoms with Crippen LogP contribution in [0.3, 0.4) is 0 Å². The van der Waals surface area contributed by atoms with Gasteiger partial charge in [0.05, 0.1) is 12.0 Å². The number of rotatable bonds is 5. The average Bonchev–Trinajstić information content (AvgIpc) is 2.64. The number of hydrogen-bond acceptors (Lipinski definition) is 3. The van der Waals surface area contributed by atoms with Crippen LogP contribution in [0.25, 0.3) is 0 Å². The third-order valence-corrected chi connectivity index (χ3v) is 3.85. The van der Waals surface area contributed by atoms with E-state index in [9.17, 15) is 9.59 Å². The summed E-state index contributed by atoms with van der Waals surface area (Å²) in [6.07, 6.45) is 2.23. The van der Waals surface area contributed by atoms with Crippen molar-refractivity contribution in [3.8, 4) is 0 Å². The third kappa shape index (κ3) is 3.45. The summed E-state index contributed by atoms with van der Waals surface area (Å²) in [7, 11) is 0. The van der Waals surface area contributed by atoms with Crippen molar-refractivity contribution in [2.75, 3.05) is 6.54 Å². The van der Waals surface area contributed by atoms with Crippen molar-refractivity contribution in [1.29, 1.82) is 0 Å². The molecule has 4 unspecified atom stereocenters. The van der Waals surface area contributed by atoms with Crippen molar-refractivity contribution < 1.29 is 14.7 Å². The quantitative estimate of drug-likeness (QED) is 0.772. The second kappa shape index (κ2) is 6.18. The van der Waals surface area contributed by atoms with Crippen LogP contribution in [-0.4, -0.2) is 46.6 Å². The Morgan fingerprint density at radius 2 is 1.78 bits per heavy atom. The molecule has 5 nitrogen and oxygen atoms in total. The smallest absolute Gasteiger partial charge is 0.308 e. The number of carbonyl (C=O) groups is 2. The van der Waals surface area contributed by atoms with Crippen molar-refractivity contribution in [3.05, 3.63) is 0 Å². The molecule has 1 saturated heterocycles. The summed E-state index contributed by atoms with van der Waals surface area (Å²) in [5.41, 5.74) is 0. The first-order chi connectivity index (χ1) is 8.34. The van der Waals surface area contributed by atoms with Crippen molar-refractivity contribution >= 4 is 11.9 Å². The molecule has 0 aromatic carbocycles. The highest BCUT2D eigenvalue weighted by Gasteiger charge is 2.34. The van der Waals surface area contributed by atoms with Crippen LogP contribution in [0.4, 0.5) is 0 Å². The van der Waals surface area contributed by atoms with Gasteiger partial charge in [-0.15, -0.1) is 0 Å². The summed E-state index contributed by atoms with van der Waals surface area (Å²) in [5, 5.41) is 11.5. The SMILES string of the molecule is CC(CNC(=O)C(C)N1C(C)CCC1C)C(=O)O.